The van der Waals surface area contributed by atoms with Gasteiger partial charge in [-0.3, -0.25) is 19.0 Å². The van der Waals surface area contributed by atoms with Crippen molar-refractivity contribution in [2.75, 3.05) is 0 Å². The summed E-state index contributed by atoms with van der Waals surface area (Å²) in [4.78, 5) is 0. The monoisotopic (exact) mass is 453 g/mol. The average Bonchev–Trinajstić information content (AvgIpc) is 3.33. The first kappa shape index (κ1) is 20.4. The number of rotatable bonds is 4. The van der Waals surface area contributed by atoms with Crippen LogP contribution in [0.15, 0.2) is 36.7 Å². The number of nitrogens with one attached hydrogen (secondary N) is 1. The second kappa shape index (κ2) is 7.40. The summed E-state index contributed by atoms with van der Waals surface area (Å²) in [6.45, 7) is 2.52. The van der Waals surface area contributed by atoms with Gasteiger partial charge in [-0.25, -0.2) is 0 Å². The molecule has 7 nitrogen and oxygen atoms in total. The number of hydrogen-bond acceptors (Lipinski definition) is 4. The summed E-state index contributed by atoms with van der Waals surface area (Å²) in [5, 5.41) is 14.3. The van der Waals surface area contributed by atoms with E-state index < -0.39 is 16.9 Å². The van der Waals surface area contributed by atoms with Crippen LogP contribution in [0.25, 0.3) is 17.2 Å². The quantitative estimate of drug-likeness (QED) is 0.460. The van der Waals surface area contributed by atoms with Gasteiger partial charge in [-0.15, -0.1) is 0 Å². The van der Waals surface area contributed by atoms with Crippen molar-refractivity contribution in [3.8, 4) is 17.2 Å². The van der Waals surface area contributed by atoms with Gasteiger partial charge in [0.2, 0.25) is 0 Å². The first-order valence-electron chi connectivity index (χ1n) is 8.71. The van der Waals surface area contributed by atoms with E-state index in [2.05, 4.69) is 20.4 Å². The molecule has 0 spiro atoms. The number of aromatic amines is 1. The maximum absolute atomic E-state index is 13.3. The van der Waals surface area contributed by atoms with E-state index in [0.717, 1.165) is 11.1 Å². The molecule has 30 heavy (non-hydrogen) atoms. The minimum Gasteiger partial charge on any atom is -0.266 e. The van der Waals surface area contributed by atoms with Crippen molar-refractivity contribution in [1.29, 1.82) is 0 Å². The van der Waals surface area contributed by atoms with Gasteiger partial charge in [-0.05, 0) is 24.7 Å². The third kappa shape index (κ3) is 3.65. The lowest BCUT2D eigenvalue weighted by Gasteiger charge is -2.06. The zero-order chi connectivity index (χ0) is 21.6. The fourth-order valence-corrected chi connectivity index (χ4v) is 3.67. The van der Waals surface area contributed by atoms with Crippen LogP contribution < -0.4 is 0 Å². The molecule has 1 aromatic carbocycles. The molecule has 0 radical (unpaired) electrons. The third-order valence-electron chi connectivity index (χ3n) is 4.49. The van der Waals surface area contributed by atoms with Gasteiger partial charge >= 0.3 is 6.18 Å². The SMILES string of the molecule is Cc1ccc(Cn2cc(-n3c(-c4nn(C)c(C(F)(F)F)c4Cl)n[nH]c3=S)cn2)cc1. The van der Waals surface area contributed by atoms with E-state index in [4.69, 9.17) is 23.8 Å². The van der Waals surface area contributed by atoms with Crippen LogP contribution in [0.2, 0.25) is 5.02 Å². The maximum atomic E-state index is 13.3. The van der Waals surface area contributed by atoms with Crippen LogP contribution in [-0.2, 0) is 19.8 Å². The van der Waals surface area contributed by atoms with Crippen LogP contribution in [-0.4, -0.2) is 34.3 Å². The lowest BCUT2D eigenvalue weighted by atomic mass is 10.1. The smallest absolute Gasteiger partial charge is 0.266 e. The Kier molecular flexibility index (Phi) is 5.02. The number of halogens is 4. The molecule has 0 bridgehead atoms. The molecule has 0 unspecified atom stereocenters. The number of nitrogens with zero attached hydrogens (tertiary/aromatic N) is 6. The van der Waals surface area contributed by atoms with Gasteiger partial charge < -0.3 is 0 Å². The zero-order valence-corrected chi connectivity index (χ0v) is 17.3. The van der Waals surface area contributed by atoms with Crippen molar-refractivity contribution in [1.82, 2.24) is 34.3 Å². The Labute approximate surface area is 178 Å². The highest BCUT2D eigenvalue weighted by Crippen LogP contribution is 2.39. The summed E-state index contributed by atoms with van der Waals surface area (Å²) in [5.74, 6) is 0.0611. The fraction of sp³-hybridized carbons (Fsp3) is 0.222. The number of aromatic nitrogens is 7. The molecular weight excluding hydrogens is 439 g/mol. The molecule has 12 heteroatoms. The van der Waals surface area contributed by atoms with Crippen LogP contribution >= 0.6 is 23.8 Å². The Morgan fingerprint density at radius 3 is 2.53 bits per heavy atom. The highest BCUT2D eigenvalue weighted by molar-refractivity contribution is 7.71. The van der Waals surface area contributed by atoms with Crippen LogP contribution in [0.5, 0.6) is 0 Å². The largest absolute Gasteiger partial charge is 0.434 e. The normalized spacial score (nSPS) is 11.9. The molecule has 1 N–H and O–H groups in total. The molecular formula is C18H15ClF3N7S. The molecule has 3 heterocycles. The fourth-order valence-electron chi connectivity index (χ4n) is 3.08. The summed E-state index contributed by atoms with van der Waals surface area (Å²) >= 11 is 11.3. The predicted octanol–water partition coefficient (Wildman–Crippen LogP) is 4.56. The second-order valence-electron chi connectivity index (χ2n) is 6.70. The lowest BCUT2D eigenvalue weighted by molar-refractivity contribution is -0.143. The molecule has 0 saturated heterocycles. The Bertz CT molecular complexity index is 1260. The first-order chi connectivity index (χ1) is 14.1. The summed E-state index contributed by atoms with van der Waals surface area (Å²) in [6, 6.07) is 8.01. The summed E-state index contributed by atoms with van der Waals surface area (Å²) in [5.41, 5.74) is 1.53. The first-order valence-corrected chi connectivity index (χ1v) is 9.49. The van der Waals surface area contributed by atoms with E-state index in [1.165, 1.54) is 11.6 Å². The van der Waals surface area contributed by atoms with Gasteiger partial charge in [-0.2, -0.15) is 28.5 Å². The van der Waals surface area contributed by atoms with E-state index >= 15 is 0 Å². The van der Waals surface area contributed by atoms with Crippen molar-refractivity contribution < 1.29 is 13.2 Å². The predicted molar refractivity (Wildman–Crippen MR) is 107 cm³/mol. The van der Waals surface area contributed by atoms with Gasteiger partial charge in [0.15, 0.2) is 16.3 Å². The second-order valence-corrected chi connectivity index (χ2v) is 7.47. The van der Waals surface area contributed by atoms with Gasteiger partial charge in [-0.1, -0.05) is 41.4 Å². The standard InChI is InChI=1S/C18H15ClF3N7S/c1-10-3-5-11(6-4-10)8-28-9-12(7-23-28)29-16(24-25-17(29)30)14-13(19)15(18(20,21)22)27(2)26-14/h3-7,9H,8H2,1-2H3,(H,25,30). The Hall–Kier alpha value is -2.92. The number of alkyl halides is 3. The Morgan fingerprint density at radius 1 is 1.20 bits per heavy atom. The molecule has 0 amide bonds. The highest BCUT2D eigenvalue weighted by Gasteiger charge is 2.39. The number of aryl methyl sites for hydroxylation is 2. The van der Waals surface area contributed by atoms with Gasteiger partial charge in [0.05, 0.1) is 18.4 Å². The summed E-state index contributed by atoms with van der Waals surface area (Å²) in [6.07, 6.45) is -1.39. The Morgan fingerprint density at radius 2 is 1.90 bits per heavy atom. The van der Waals surface area contributed by atoms with Crippen molar-refractivity contribution in [2.24, 2.45) is 7.05 Å². The third-order valence-corrected chi connectivity index (χ3v) is 5.12. The molecule has 0 aliphatic heterocycles. The molecule has 0 aliphatic rings. The molecule has 0 saturated carbocycles. The minimum atomic E-state index is -4.66. The van der Waals surface area contributed by atoms with E-state index in [1.54, 1.807) is 17.1 Å². The molecule has 3 aromatic heterocycles. The van der Waals surface area contributed by atoms with Crippen LogP contribution in [0.3, 0.4) is 0 Å². The van der Waals surface area contributed by atoms with Crippen molar-refractivity contribution in [2.45, 2.75) is 19.6 Å². The molecule has 0 atom stereocenters. The van der Waals surface area contributed by atoms with E-state index in [0.29, 0.717) is 16.9 Å². The van der Waals surface area contributed by atoms with E-state index in [-0.39, 0.29) is 16.3 Å². The number of hydrogen-bond donors (Lipinski definition) is 1. The minimum absolute atomic E-state index is 0.0611. The molecule has 0 fully saturated rings. The van der Waals surface area contributed by atoms with Crippen molar-refractivity contribution in [3.63, 3.8) is 0 Å². The van der Waals surface area contributed by atoms with Crippen LogP contribution in [0, 0.1) is 11.7 Å². The van der Waals surface area contributed by atoms with Crippen LogP contribution in [0.4, 0.5) is 13.2 Å². The Balaban J connectivity index is 1.74. The molecule has 156 valence electrons. The average molecular weight is 454 g/mol. The van der Waals surface area contributed by atoms with Gasteiger partial charge in [0.1, 0.15) is 10.7 Å². The van der Waals surface area contributed by atoms with Crippen molar-refractivity contribution >= 4 is 23.8 Å². The number of benzene rings is 1. The topological polar surface area (TPSA) is 69.2 Å². The van der Waals surface area contributed by atoms with E-state index in [9.17, 15) is 13.2 Å². The lowest BCUT2D eigenvalue weighted by Crippen LogP contribution is -2.12. The molecule has 4 aromatic rings. The highest BCUT2D eigenvalue weighted by atomic mass is 35.5. The van der Waals surface area contributed by atoms with Crippen LogP contribution in [0.1, 0.15) is 16.8 Å². The molecule has 4 rings (SSSR count). The zero-order valence-electron chi connectivity index (χ0n) is 15.8. The van der Waals surface area contributed by atoms with Gasteiger partial charge in [0.25, 0.3) is 0 Å². The molecule has 0 aliphatic carbocycles. The van der Waals surface area contributed by atoms with Crippen molar-refractivity contribution in [3.05, 3.63) is 63.3 Å². The summed E-state index contributed by atoms with van der Waals surface area (Å²) in [7, 11) is 1.17. The summed E-state index contributed by atoms with van der Waals surface area (Å²) < 4.78 is 43.9. The number of H-pyrrole nitrogens is 1. The van der Waals surface area contributed by atoms with Gasteiger partial charge in [0, 0.05) is 13.2 Å². The van der Waals surface area contributed by atoms with E-state index in [1.807, 2.05) is 31.2 Å². The maximum Gasteiger partial charge on any atom is 0.434 e.